The molecule has 10 nitrogen and oxygen atoms in total. The summed E-state index contributed by atoms with van der Waals surface area (Å²) < 4.78 is 0. The fourth-order valence-corrected chi connectivity index (χ4v) is 11.9. The van der Waals surface area contributed by atoms with Crippen molar-refractivity contribution in [3.63, 3.8) is 0 Å². The number of nitrogens with zero attached hydrogens (tertiary/aromatic N) is 2. The van der Waals surface area contributed by atoms with E-state index in [1.54, 1.807) is 26.0 Å². The minimum atomic E-state index is -1.11. The highest BCUT2D eigenvalue weighted by Gasteiger charge is 2.57. The highest BCUT2D eigenvalue weighted by Crippen LogP contribution is 2.56. The van der Waals surface area contributed by atoms with Gasteiger partial charge in [0.2, 0.25) is 11.8 Å². The maximum absolute atomic E-state index is 14.2. The molecule has 0 radical (unpaired) electrons. The third kappa shape index (κ3) is 12.1. The quantitative estimate of drug-likeness (QED) is 0.0864. The summed E-state index contributed by atoms with van der Waals surface area (Å²) in [5.41, 5.74) is 1.50. The Kier molecular flexibility index (Phi) is 17.7. The van der Waals surface area contributed by atoms with Gasteiger partial charge in [-0.1, -0.05) is 130 Å². The molecule has 2 amide bonds. The van der Waals surface area contributed by atoms with Crippen molar-refractivity contribution in [1.29, 1.82) is 0 Å². The van der Waals surface area contributed by atoms with Crippen molar-refractivity contribution in [3.8, 4) is 0 Å². The number of aliphatic carboxylic acids is 2. The van der Waals surface area contributed by atoms with E-state index in [2.05, 4.69) is 0 Å². The molecular formula is C55H66Cl4N2O8. The molecule has 4 aliphatic rings. The Hall–Kier alpha value is -4.16. The van der Waals surface area contributed by atoms with Crippen LogP contribution in [0, 0.1) is 22.7 Å². The number of halogens is 4. The van der Waals surface area contributed by atoms with Gasteiger partial charge in [0.1, 0.15) is 0 Å². The predicted molar refractivity (Wildman–Crippen MR) is 273 cm³/mol. The first kappa shape index (κ1) is 54.2. The van der Waals surface area contributed by atoms with E-state index in [-0.39, 0.29) is 79.9 Å². The summed E-state index contributed by atoms with van der Waals surface area (Å²) in [5, 5.41) is 44.0. The van der Waals surface area contributed by atoms with E-state index >= 15 is 0 Å². The minimum Gasteiger partial charge on any atom is -0.481 e. The standard InChI is InChI=1S/2C27H31Cl2NO4.CH4/c2*1-3-22(31)25(17-7-8-17)30-24(16-9-11-19(28)12-10-16)21(18-5-4-6-20(29)13-18)14-27(2,26(30)34)15-23(32)33;/h2*4-6,9-13,17,21-22,24-25,31H,3,7-8,14-15H2,1-2H3,(H,32,33);1H4/t21-,22+,24?,25+,27-;21-,22-,24?,25+,27-;/m11./s1. The first-order chi connectivity index (χ1) is 32.3. The molecular weight excluding hydrogens is 958 g/mol. The molecule has 14 heteroatoms. The van der Waals surface area contributed by atoms with Gasteiger partial charge in [-0.3, -0.25) is 19.2 Å². The Morgan fingerprint density at radius 3 is 1.17 bits per heavy atom. The molecule has 2 heterocycles. The van der Waals surface area contributed by atoms with Crippen LogP contribution in [-0.2, 0) is 19.2 Å². The third-order valence-corrected chi connectivity index (χ3v) is 15.7. The average molecular weight is 1020 g/mol. The van der Waals surface area contributed by atoms with Crippen molar-refractivity contribution in [2.75, 3.05) is 0 Å². The van der Waals surface area contributed by atoms with Crippen LogP contribution in [0.4, 0.5) is 0 Å². The number of aliphatic hydroxyl groups is 2. The van der Waals surface area contributed by atoms with Gasteiger partial charge in [-0.2, -0.15) is 0 Å². The number of carboxylic acid groups (broad SMARTS) is 2. The van der Waals surface area contributed by atoms with Gasteiger partial charge in [0.15, 0.2) is 0 Å². The summed E-state index contributed by atoms with van der Waals surface area (Å²) >= 11 is 25.1. The minimum absolute atomic E-state index is 0. The van der Waals surface area contributed by atoms with Gasteiger partial charge in [-0.15, -0.1) is 0 Å². The van der Waals surface area contributed by atoms with Crippen LogP contribution in [0.1, 0.15) is 146 Å². The van der Waals surface area contributed by atoms with Crippen molar-refractivity contribution in [1.82, 2.24) is 9.80 Å². The maximum Gasteiger partial charge on any atom is 0.304 e. The van der Waals surface area contributed by atoms with Crippen LogP contribution in [0.5, 0.6) is 0 Å². The summed E-state index contributed by atoms with van der Waals surface area (Å²) in [5.74, 6) is -2.45. The normalized spacial score (nSPS) is 26.5. The van der Waals surface area contributed by atoms with Crippen molar-refractivity contribution in [2.45, 2.75) is 148 Å². The number of hydrogen-bond donors (Lipinski definition) is 4. The summed E-state index contributed by atoms with van der Waals surface area (Å²) in [4.78, 5) is 55.7. The number of benzene rings is 4. The van der Waals surface area contributed by atoms with Crippen LogP contribution in [0.25, 0.3) is 0 Å². The van der Waals surface area contributed by atoms with E-state index in [4.69, 9.17) is 46.4 Å². The molecule has 2 aliphatic heterocycles. The molecule has 2 aliphatic carbocycles. The molecule has 4 aromatic rings. The number of aliphatic hydroxyl groups excluding tert-OH is 2. The fraction of sp³-hybridized carbons (Fsp3) is 0.491. The van der Waals surface area contributed by atoms with E-state index in [0.29, 0.717) is 45.8 Å². The number of rotatable bonds is 16. The number of amides is 2. The Balaban J connectivity index is 0.000000224. The second kappa shape index (κ2) is 22.5. The van der Waals surface area contributed by atoms with Crippen LogP contribution in [0.2, 0.25) is 20.1 Å². The van der Waals surface area contributed by atoms with E-state index in [1.807, 2.05) is 109 Å². The smallest absolute Gasteiger partial charge is 0.304 e. The summed E-state index contributed by atoms with van der Waals surface area (Å²) in [6.07, 6.45) is 3.57. The Morgan fingerprint density at radius 1 is 0.565 bits per heavy atom. The van der Waals surface area contributed by atoms with Crippen LogP contribution in [0.15, 0.2) is 97.1 Å². The van der Waals surface area contributed by atoms with E-state index < -0.39 is 35.0 Å². The lowest BCUT2D eigenvalue weighted by Crippen LogP contribution is -2.59. The first-order valence-corrected chi connectivity index (χ1v) is 25.3. The average Bonchev–Trinajstić information content (AvgIpc) is 4.24. The van der Waals surface area contributed by atoms with Gasteiger partial charge in [0.05, 0.1) is 60.0 Å². The van der Waals surface area contributed by atoms with Crippen LogP contribution in [0.3, 0.4) is 0 Å². The van der Waals surface area contributed by atoms with Gasteiger partial charge in [0.25, 0.3) is 0 Å². The maximum atomic E-state index is 14.2. The molecule has 2 unspecified atom stereocenters. The van der Waals surface area contributed by atoms with Gasteiger partial charge >= 0.3 is 11.9 Å². The van der Waals surface area contributed by atoms with Gasteiger partial charge < -0.3 is 30.2 Å². The van der Waals surface area contributed by atoms with Crippen molar-refractivity contribution < 1.29 is 39.6 Å². The van der Waals surface area contributed by atoms with E-state index in [9.17, 15) is 39.6 Å². The zero-order chi connectivity index (χ0) is 49.2. The molecule has 2 saturated carbocycles. The molecule has 4 fully saturated rings. The molecule has 372 valence electrons. The highest BCUT2D eigenvalue weighted by atomic mass is 35.5. The zero-order valence-electron chi connectivity index (χ0n) is 38.9. The second-order valence-electron chi connectivity index (χ2n) is 20.0. The lowest BCUT2D eigenvalue weighted by molar-refractivity contribution is -0.164. The molecule has 10 atom stereocenters. The SMILES string of the molecule is C.CC[C@@H](O)[C@H](C1CC1)N1C(=O)[C@@](C)(CC(=O)O)C[C@H](c2cccc(Cl)c2)C1c1ccc(Cl)cc1.CC[C@H](O)[C@H](C1CC1)N1C(=O)[C@@](C)(CC(=O)O)C[C@H](c2cccc(Cl)c2)C1c1ccc(Cl)cc1. The molecule has 0 spiro atoms. The Labute approximate surface area is 426 Å². The van der Waals surface area contributed by atoms with Crippen LogP contribution < -0.4 is 0 Å². The van der Waals surface area contributed by atoms with Crippen molar-refractivity contribution >= 4 is 70.2 Å². The van der Waals surface area contributed by atoms with E-state index in [1.165, 1.54) is 0 Å². The Bertz CT molecular complexity index is 2280. The molecule has 0 aromatic heterocycles. The van der Waals surface area contributed by atoms with Gasteiger partial charge in [0, 0.05) is 31.9 Å². The summed E-state index contributed by atoms with van der Waals surface area (Å²) in [7, 11) is 0. The lowest BCUT2D eigenvalue weighted by atomic mass is 9.66. The predicted octanol–water partition coefficient (Wildman–Crippen LogP) is 12.8. The van der Waals surface area contributed by atoms with Crippen LogP contribution >= 0.6 is 46.4 Å². The number of piperidine rings is 2. The lowest BCUT2D eigenvalue weighted by Gasteiger charge is -2.53. The molecule has 4 aromatic carbocycles. The van der Waals surface area contributed by atoms with Crippen LogP contribution in [-0.4, -0.2) is 78.3 Å². The summed E-state index contributed by atoms with van der Waals surface area (Å²) in [6.45, 7) is 7.32. The second-order valence-corrected chi connectivity index (χ2v) is 21.8. The third-order valence-electron chi connectivity index (χ3n) is 14.7. The molecule has 0 bridgehead atoms. The first-order valence-electron chi connectivity index (χ1n) is 23.8. The number of carbonyl (C=O) groups is 4. The number of carbonyl (C=O) groups excluding carboxylic acids is 2. The highest BCUT2D eigenvalue weighted by molar-refractivity contribution is 6.31. The molecule has 69 heavy (non-hydrogen) atoms. The fourth-order valence-electron chi connectivity index (χ4n) is 11.2. The van der Waals surface area contributed by atoms with Gasteiger partial charge in [-0.25, -0.2) is 0 Å². The number of likely N-dealkylation sites (tertiary alicyclic amines) is 2. The van der Waals surface area contributed by atoms with Gasteiger partial charge in [-0.05, 0) is 134 Å². The summed E-state index contributed by atoms with van der Waals surface area (Å²) in [6, 6.07) is 28.5. The van der Waals surface area contributed by atoms with E-state index in [0.717, 1.165) is 47.9 Å². The number of hydrogen-bond acceptors (Lipinski definition) is 6. The Morgan fingerprint density at radius 2 is 0.899 bits per heavy atom. The molecule has 4 N–H and O–H groups in total. The molecule has 8 rings (SSSR count). The van der Waals surface area contributed by atoms with Crippen molar-refractivity contribution in [2.24, 2.45) is 22.7 Å². The topological polar surface area (TPSA) is 156 Å². The largest absolute Gasteiger partial charge is 0.481 e. The number of carboxylic acids is 2. The monoisotopic (exact) mass is 1020 g/mol. The molecule has 2 saturated heterocycles. The zero-order valence-corrected chi connectivity index (χ0v) is 41.9. The van der Waals surface area contributed by atoms with Crippen molar-refractivity contribution in [3.05, 3.63) is 139 Å².